The average Bonchev–Trinajstić information content (AvgIpc) is 3.04. The molecule has 2 rings (SSSR count). The van der Waals surface area contributed by atoms with Crippen LogP contribution in [0, 0.1) is 5.92 Å². The summed E-state index contributed by atoms with van der Waals surface area (Å²) in [5, 5.41) is 3.85. The minimum Gasteiger partial charge on any atom is -0.381 e. The Morgan fingerprint density at radius 2 is 1.85 bits per heavy atom. The Labute approximate surface area is 125 Å². The minimum atomic E-state index is 0.331. The van der Waals surface area contributed by atoms with Crippen LogP contribution in [0.25, 0.3) is 0 Å². The lowest BCUT2D eigenvalue weighted by molar-refractivity contribution is -0.0182. The van der Waals surface area contributed by atoms with Gasteiger partial charge in [0.05, 0.1) is 6.61 Å². The van der Waals surface area contributed by atoms with Gasteiger partial charge in [-0.2, -0.15) is 0 Å². The molecule has 2 saturated heterocycles. The third-order valence-electron chi connectivity index (χ3n) is 5.63. The van der Waals surface area contributed by atoms with Crippen LogP contribution in [0.15, 0.2) is 0 Å². The summed E-state index contributed by atoms with van der Waals surface area (Å²) in [5.74, 6) is 0.684. The molecule has 2 unspecified atom stereocenters. The van der Waals surface area contributed by atoms with E-state index < -0.39 is 0 Å². The van der Waals surface area contributed by atoms with Gasteiger partial charge in [-0.05, 0) is 64.1 Å². The summed E-state index contributed by atoms with van der Waals surface area (Å²) >= 11 is 0. The molecule has 3 heteroatoms. The van der Waals surface area contributed by atoms with Crippen LogP contribution < -0.4 is 5.32 Å². The van der Waals surface area contributed by atoms with E-state index >= 15 is 0 Å². The Morgan fingerprint density at radius 3 is 2.35 bits per heavy atom. The summed E-state index contributed by atoms with van der Waals surface area (Å²) < 4.78 is 5.80. The molecule has 0 bridgehead atoms. The molecule has 2 fully saturated rings. The maximum absolute atomic E-state index is 5.80. The fourth-order valence-corrected chi connectivity index (χ4v) is 4.54. The van der Waals surface area contributed by atoms with Gasteiger partial charge in [0.2, 0.25) is 0 Å². The number of ether oxygens (including phenoxy) is 1. The second-order valence-electron chi connectivity index (χ2n) is 6.52. The van der Waals surface area contributed by atoms with Crippen molar-refractivity contribution in [2.75, 3.05) is 32.8 Å². The molecule has 0 radical (unpaired) electrons. The van der Waals surface area contributed by atoms with Crippen molar-refractivity contribution in [2.24, 2.45) is 5.92 Å². The lowest BCUT2D eigenvalue weighted by Crippen LogP contribution is -2.63. The first-order valence-electron chi connectivity index (χ1n) is 8.84. The van der Waals surface area contributed by atoms with Gasteiger partial charge in [-0.25, -0.2) is 0 Å². The fraction of sp³-hybridized carbons (Fsp3) is 1.00. The van der Waals surface area contributed by atoms with E-state index in [2.05, 4.69) is 31.0 Å². The monoisotopic (exact) mass is 282 g/mol. The zero-order chi connectivity index (χ0) is 14.4. The van der Waals surface area contributed by atoms with Gasteiger partial charge in [0.15, 0.2) is 0 Å². The summed E-state index contributed by atoms with van der Waals surface area (Å²) in [4.78, 5) is 2.79. The molecule has 2 aliphatic rings. The van der Waals surface area contributed by atoms with Crippen LogP contribution in [0.5, 0.6) is 0 Å². The maximum Gasteiger partial charge on any atom is 0.0509 e. The first kappa shape index (κ1) is 16.3. The van der Waals surface area contributed by atoms with E-state index in [1.807, 2.05) is 0 Å². The topological polar surface area (TPSA) is 24.5 Å². The third-order valence-corrected chi connectivity index (χ3v) is 5.63. The predicted molar refractivity (Wildman–Crippen MR) is 85.1 cm³/mol. The van der Waals surface area contributed by atoms with Crippen molar-refractivity contribution in [2.45, 2.75) is 70.9 Å². The molecule has 0 aliphatic carbocycles. The average molecular weight is 282 g/mol. The number of hydrogen-bond donors (Lipinski definition) is 1. The third kappa shape index (κ3) is 3.20. The highest BCUT2D eigenvalue weighted by atomic mass is 16.5. The van der Waals surface area contributed by atoms with E-state index in [0.29, 0.717) is 17.5 Å². The molecule has 0 aromatic carbocycles. The van der Waals surface area contributed by atoms with Gasteiger partial charge >= 0.3 is 0 Å². The van der Waals surface area contributed by atoms with Crippen molar-refractivity contribution < 1.29 is 4.74 Å². The second-order valence-corrected chi connectivity index (χ2v) is 6.52. The number of nitrogens with zero attached hydrogens (tertiary/aromatic N) is 1. The number of nitrogens with one attached hydrogen (secondary N) is 1. The van der Waals surface area contributed by atoms with Crippen LogP contribution in [-0.2, 0) is 4.74 Å². The lowest BCUT2D eigenvalue weighted by Gasteiger charge is -2.50. The number of likely N-dealkylation sites (tertiary alicyclic amines) is 1. The molecule has 0 aromatic heterocycles. The summed E-state index contributed by atoms with van der Waals surface area (Å²) in [6.45, 7) is 12.6. The zero-order valence-corrected chi connectivity index (χ0v) is 13.8. The van der Waals surface area contributed by atoms with Crippen LogP contribution in [0.4, 0.5) is 0 Å². The van der Waals surface area contributed by atoms with Gasteiger partial charge in [-0.1, -0.05) is 20.8 Å². The standard InChI is InChI=1S/C17H34N2O/c1-4-17(5-2,19-11-7-8-12-19)16(18-6-3)15-10-9-13-20-14-15/h15-16,18H,4-14H2,1-3H3. The molecule has 0 amide bonds. The zero-order valence-electron chi connectivity index (χ0n) is 13.8. The van der Waals surface area contributed by atoms with Crippen LogP contribution >= 0.6 is 0 Å². The summed E-state index contributed by atoms with van der Waals surface area (Å²) in [5.41, 5.74) is 0.331. The van der Waals surface area contributed by atoms with Crippen LogP contribution in [-0.4, -0.2) is 49.3 Å². The minimum absolute atomic E-state index is 0.331. The van der Waals surface area contributed by atoms with E-state index in [1.165, 1.54) is 51.6 Å². The van der Waals surface area contributed by atoms with Crippen molar-refractivity contribution in [3.05, 3.63) is 0 Å². The number of rotatable bonds is 7. The highest BCUT2D eigenvalue weighted by molar-refractivity contribution is 5.03. The van der Waals surface area contributed by atoms with Crippen molar-refractivity contribution in [3.63, 3.8) is 0 Å². The Bertz CT molecular complexity index is 266. The smallest absolute Gasteiger partial charge is 0.0509 e. The van der Waals surface area contributed by atoms with Gasteiger partial charge in [0.1, 0.15) is 0 Å². The first-order valence-corrected chi connectivity index (χ1v) is 8.84. The highest BCUT2D eigenvalue weighted by Gasteiger charge is 2.45. The van der Waals surface area contributed by atoms with Crippen LogP contribution in [0.2, 0.25) is 0 Å². The van der Waals surface area contributed by atoms with E-state index in [0.717, 1.165) is 19.8 Å². The van der Waals surface area contributed by atoms with Gasteiger partial charge in [0, 0.05) is 18.2 Å². The summed E-state index contributed by atoms with van der Waals surface area (Å²) in [6, 6.07) is 0.584. The number of likely N-dealkylation sites (N-methyl/N-ethyl adjacent to an activating group) is 1. The molecule has 118 valence electrons. The predicted octanol–water partition coefficient (Wildman–Crippen LogP) is 3.05. The molecular formula is C17H34N2O. The van der Waals surface area contributed by atoms with Gasteiger partial charge < -0.3 is 10.1 Å². The molecule has 0 saturated carbocycles. The molecule has 1 N–H and O–H groups in total. The van der Waals surface area contributed by atoms with Crippen molar-refractivity contribution >= 4 is 0 Å². The molecule has 20 heavy (non-hydrogen) atoms. The molecule has 0 aromatic rings. The van der Waals surface area contributed by atoms with Crippen molar-refractivity contribution in [1.29, 1.82) is 0 Å². The molecule has 2 heterocycles. The fourth-order valence-electron chi connectivity index (χ4n) is 4.54. The summed E-state index contributed by atoms with van der Waals surface area (Å²) in [6.07, 6.45) is 7.81. The molecule has 3 nitrogen and oxygen atoms in total. The van der Waals surface area contributed by atoms with Crippen molar-refractivity contribution in [1.82, 2.24) is 10.2 Å². The lowest BCUT2D eigenvalue weighted by atomic mass is 9.74. The quantitative estimate of drug-likeness (QED) is 0.777. The maximum atomic E-state index is 5.80. The number of hydrogen-bond acceptors (Lipinski definition) is 3. The highest BCUT2D eigenvalue weighted by Crippen LogP contribution is 2.36. The molecule has 2 aliphatic heterocycles. The van der Waals surface area contributed by atoms with Gasteiger partial charge in [-0.3, -0.25) is 4.90 Å². The Kier molecular flexibility index (Phi) is 6.31. The SMILES string of the molecule is CCNC(C1CCCOC1)C(CC)(CC)N1CCCC1. The van der Waals surface area contributed by atoms with Crippen molar-refractivity contribution in [3.8, 4) is 0 Å². The Balaban J connectivity index is 2.20. The van der Waals surface area contributed by atoms with E-state index in [4.69, 9.17) is 4.74 Å². The summed E-state index contributed by atoms with van der Waals surface area (Å²) in [7, 11) is 0. The van der Waals surface area contributed by atoms with E-state index in [1.54, 1.807) is 0 Å². The molecule has 2 atom stereocenters. The van der Waals surface area contributed by atoms with Crippen LogP contribution in [0.3, 0.4) is 0 Å². The van der Waals surface area contributed by atoms with Crippen LogP contribution in [0.1, 0.15) is 59.3 Å². The normalized spacial score (nSPS) is 26.9. The first-order chi connectivity index (χ1) is 9.78. The van der Waals surface area contributed by atoms with Gasteiger partial charge in [0.25, 0.3) is 0 Å². The van der Waals surface area contributed by atoms with Gasteiger partial charge in [-0.15, -0.1) is 0 Å². The largest absolute Gasteiger partial charge is 0.381 e. The second kappa shape index (κ2) is 7.77. The van der Waals surface area contributed by atoms with E-state index in [-0.39, 0.29) is 0 Å². The Morgan fingerprint density at radius 1 is 1.15 bits per heavy atom. The molecule has 0 spiro atoms. The molecular weight excluding hydrogens is 248 g/mol. The van der Waals surface area contributed by atoms with E-state index in [9.17, 15) is 0 Å². The Hall–Kier alpha value is -0.120.